The number of carbonyl (C=O) groups excluding carboxylic acids is 1. The first kappa shape index (κ1) is 20.3. The number of carbonyl (C=O) groups is 1. The van der Waals surface area contributed by atoms with E-state index >= 15 is 0 Å². The molecule has 8 nitrogen and oxygen atoms in total. The molecule has 0 radical (unpaired) electrons. The van der Waals surface area contributed by atoms with Crippen LogP contribution in [-0.2, 0) is 14.8 Å². The molecule has 1 amide bonds. The third kappa shape index (κ3) is 5.77. The molecule has 0 saturated heterocycles. The van der Waals surface area contributed by atoms with Crippen LogP contribution in [0.15, 0.2) is 75.1 Å². The number of sulfonamides is 1. The van der Waals surface area contributed by atoms with Gasteiger partial charge in [0, 0.05) is 5.56 Å². The molecule has 0 fully saturated rings. The van der Waals surface area contributed by atoms with Gasteiger partial charge in [-0.25, -0.2) is 19.0 Å². The molecule has 150 valence electrons. The fraction of sp³-hybridized carbons (Fsp3) is 0.100. The van der Waals surface area contributed by atoms with Gasteiger partial charge in [-0.05, 0) is 61.0 Å². The minimum absolute atomic E-state index is 0.0187. The predicted octanol–water partition coefficient (Wildman–Crippen LogP) is 2.43. The molecule has 0 atom stereocenters. The minimum atomic E-state index is -3.74. The van der Waals surface area contributed by atoms with Gasteiger partial charge >= 0.3 is 0 Å². The Morgan fingerprint density at radius 3 is 2.62 bits per heavy atom. The van der Waals surface area contributed by atoms with Crippen LogP contribution in [-0.4, -0.2) is 27.1 Å². The quantitative estimate of drug-likeness (QED) is 0.455. The molecule has 0 aliphatic heterocycles. The van der Waals surface area contributed by atoms with Crippen LogP contribution >= 0.6 is 0 Å². The maximum atomic E-state index is 11.8. The van der Waals surface area contributed by atoms with Crippen molar-refractivity contribution in [2.75, 3.05) is 6.61 Å². The first-order chi connectivity index (χ1) is 13.8. The van der Waals surface area contributed by atoms with Gasteiger partial charge in [-0.1, -0.05) is 12.1 Å². The van der Waals surface area contributed by atoms with Crippen LogP contribution in [0, 0.1) is 6.92 Å². The summed E-state index contributed by atoms with van der Waals surface area (Å²) in [6.07, 6.45) is 1.35. The van der Waals surface area contributed by atoms with Crippen molar-refractivity contribution in [3.8, 4) is 17.1 Å². The zero-order chi connectivity index (χ0) is 20.9. The van der Waals surface area contributed by atoms with Gasteiger partial charge in [0.05, 0.1) is 11.1 Å². The SMILES string of the molecule is Cc1cccc(OCC(=O)N/N=C\c2ccc(-c3ccc(S(N)(=O)=O)cc3)o2)c1. The number of hydrazone groups is 1. The van der Waals surface area contributed by atoms with Crippen molar-refractivity contribution in [3.63, 3.8) is 0 Å². The fourth-order valence-electron chi connectivity index (χ4n) is 2.44. The molecule has 1 heterocycles. The highest BCUT2D eigenvalue weighted by Gasteiger charge is 2.09. The van der Waals surface area contributed by atoms with Crippen molar-refractivity contribution in [2.24, 2.45) is 10.2 Å². The number of hydrogen-bond acceptors (Lipinski definition) is 6. The molecule has 1 aromatic heterocycles. The van der Waals surface area contributed by atoms with E-state index in [0.717, 1.165) is 5.56 Å². The summed E-state index contributed by atoms with van der Waals surface area (Å²) in [6.45, 7) is 1.77. The summed E-state index contributed by atoms with van der Waals surface area (Å²) >= 11 is 0. The summed E-state index contributed by atoms with van der Waals surface area (Å²) < 4.78 is 33.6. The Morgan fingerprint density at radius 1 is 1.17 bits per heavy atom. The van der Waals surface area contributed by atoms with Crippen LogP contribution in [0.2, 0.25) is 0 Å². The number of hydrogen-bond donors (Lipinski definition) is 2. The molecule has 2 aromatic carbocycles. The lowest BCUT2D eigenvalue weighted by Crippen LogP contribution is -2.24. The number of ether oxygens (including phenoxy) is 1. The molecule has 9 heteroatoms. The first-order valence-corrected chi connectivity index (χ1v) is 10.1. The van der Waals surface area contributed by atoms with Gasteiger partial charge in [0.1, 0.15) is 17.3 Å². The number of primary sulfonamides is 1. The summed E-state index contributed by atoms with van der Waals surface area (Å²) in [4.78, 5) is 11.8. The molecule has 0 unspecified atom stereocenters. The van der Waals surface area contributed by atoms with E-state index in [1.165, 1.54) is 18.3 Å². The summed E-state index contributed by atoms with van der Waals surface area (Å²) in [5.74, 6) is 1.12. The molecule has 3 rings (SSSR count). The second-order valence-electron chi connectivity index (χ2n) is 6.17. The topological polar surface area (TPSA) is 124 Å². The molecular weight excluding hydrogens is 394 g/mol. The molecule has 29 heavy (non-hydrogen) atoms. The maximum absolute atomic E-state index is 11.8. The third-order valence-electron chi connectivity index (χ3n) is 3.83. The van der Waals surface area contributed by atoms with Gasteiger partial charge in [-0.3, -0.25) is 4.79 Å². The molecule has 0 spiro atoms. The summed E-state index contributed by atoms with van der Waals surface area (Å²) in [7, 11) is -3.74. The maximum Gasteiger partial charge on any atom is 0.277 e. The number of rotatable bonds is 7. The molecule has 3 aromatic rings. The van der Waals surface area contributed by atoms with Crippen molar-refractivity contribution in [3.05, 3.63) is 72.0 Å². The van der Waals surface area contributed by atoms with E-state index in [0.29, 0.717) is 22.8 Å². The average Bonchev–Trinajstić information content (AvgIpc) is 3.15. The van der Waals surface area contributed by atoms with Gasteiger partial charge in [0.25, 0.3) is 5.91 Å². The monoisotopic (exact) mass is 413 g/mol. The fourth-order valence-corrected chi connectivity index (χ4v) is 2.96. The Labute approximate surface area is 168 Å². The Bertz CT molecular complexity index is 1130. The van der Waals surface area contributed by atoms with Crippen LogP contribution in [0.1, 0.15) is 11.3 Å². The Kier molecular flexibility index (Phi) is 6.10. The Morgan fingerprint density at radius 2 is 1.93 bits per heavy atom. The standard InChI is InChI=1S/C20H19N3O5S/c1-14-3-2-4-16(11-14)27-13-20(24)23-22-12-17-7-10-19(28-17)15-5-8-18(9-6-15)29(21,25)26/h2-12H,13H2,1H3,(H,23,24)(H2,21,25,26)/b22-12-. The number of nitrogens with one attached hydrogen (secondary N) is 1. The van der Waals surface area contributed by atoms with E-state index in [1.807, 2.05) is 25.1 Å². The highest BCUT2D eigenvalue weighted by atomic mass is 32.2. The van der Waals surface area contributed by atoms with E-state index < -0.39 is 15.9 Å². The van der Waals surface area contributed by atoms with E-state index in [2.05, 4.69) is 10.5 Å². The molecule has 0 aliphatic rings. The van der Waals surface area contributed by atoms with Crippen molar-refractivity contribution in [1.29, 1.82) is 0 Å². The number of aryl methyl sites for hydroxylation is 1. The van der Waals surface area contributed by atoms with Crippen molar-refractivity contribution >= 4 is 22.1 Å². The normalized spacial score (nSPS) is 11.5. The number of furan rings is 1. The third-order valence-corrected chi connectivity index (χ3v) is 4.76. The second-order valence-corrected chi connectivity index (χ2v) is 7.73. The molecular formula is C20H19N3O5S. The molecule has 0 bridgehead atoms. The minimum Gasteiger partial charge on any atom is -0.484 e. The Balaban J connectivity index is 1.54. The zero-order valence-electron chi connectivity index (χ0n) is 15.5. The first-order valence-electron chi connectivity index (χ1n) is 8.56. The number of nitrogens with two attached hydrogens (primary N) is 1. The Hall–Kier alpha value is -3.43. The lowest BCUT2D eigenvalue weighted by Gasteiger charge is -2.05. The van der Waals surface area contributed by atoms with Gasteiger partial charge in [0.2, 0.25) is 10.0 Å². The van der Waals surface area contributed by atoms with Crippen LogP contribution < -0.4 is 15.3 Å². The summed E-state index contributed by atoms with van der Waals surface area (Å²) in [5.41, 5.74) is 4.06. The van der Waals surface area contributed by atoms with E-state index in [9.17, 15) is 13.2 Å². The summed E-state index contributed by atoms with van der Waals surface area (Å²) in [6, 6.07) is 16.7. The van der Waals surface area contributed by atoms with Gasteiger partial charge in [-0.2, -0.15) is 5.10 Å². The van der Waals surface area contributed by atoms with Gasteiger partial charge in [0.15, 0.2) is 6.61 Å². The largest absolute Gasteiger partial charge is 0.484 e. The highest BCUT2D eigenvalue weighted by Crippen LogP contribution is 2.22. The average molecular weight is 413 g/mol. The van der Waals surface area contributed by atoms with Crippen LogP contribution in [0.3, 0.4) is 0 Å². The van der Waals surface area contributed by atoms with Crippen LogP contribution in [0.4, 0.5) is 0 Å². The molecule has 0 aliphatic carbocycles. The number of nitrogens with zero attached hydrogens (tertiary/aromatic N) is 1. The smallest absolute Gasteiger partial charge is 0.277 e. The van der Waals surface area contributed by atoms with E-state index in [1.54, 1.807) is 30.3 Å². The van der Waals surface area contributed by atoms with Crippen molar-refractivity contribution in [2.45, 2.75) is 11.8 Å². The zero-order valence-corrected chi connectivity index (χ0v) is 16.3. The van der Waals surface area contributed by atoms with Gasteiger partial charge in [-0.15, -0.1) is 0 Å². The lowest BCUT2D eigenvalue weighted by atomic mass is 10.2. The number of amides is 1. The molecule has 0 saturated carbocycles. The van der Waals surface area contributed by atoms with Crippen molar-refractivity contribution in [1.82, 2.24) is 5.43 Å². The predicted molar refractivity (Wildman–Crippen MR) is 108 cm³/mol. The van der Waals surface area contributed by atoms with Crippen molar-refractivity contribution < 1.29 is 22.4 Å². The highest BCUT2D eigenvalue weighted by molar-refractivity contribution is 7.89. The second kappa shape index (κ2) is 8.72. The van der Waals surface area contributed by atoms with Crippen LogP contribution in [0.5, 0.6) is 5.75 Å². The van der Waals surface area contributed by atoms with Gasteiger partial charge < -0.3 is 9.15 Å². The van der Waals surface area contributed by atoms with E-state index in [4.69, 9.17) is 14.3 Å². The van der Waals surface area contributed by atoms with Crippen LogP contribution in [0.25, 0.3) is 11.3 Å². The van der Waals surface area contributed by atoms with E-state index in [-0.39, 0.29) is 11.5 Å². The number of benzene rings is 2. The molecule has 3 N–H and O–H groups in total. The summed E-state index contributed by atoms with van der Waals surface area (Å²) in [5, 5.41) is 8.91. The lowest BCUT2D eigenvalue weighted by molar-refractivity contribution is -0.123.